The van der Waals surface area contributed by atoms with Gasteiger partial charge in [-0.15, -0.1) is 0 Å². The van der Waals surface area contributed by atoms with E-state index in [2.05, 4.69) is 4.90 Å². The number of aromatic hydroxyl groups is 1. The lowest BCUT2D eigenvalue weighted by molar-refractivity contribution is -0.159. The molecule has 0 bridgehead atoms. The number of hydrogen-bond donors (Lipinski definition) is 1. The van der Waals surface area contributed by atoms with Crippen LogP contribution in [0.4, 0.5) is 0 Å². The molecule has 45 heavy (non-hydrogen) atoms. The van der Waals surface area contributed by atoms with Gasteiger partial charge >= 0.3 is 5.97 Å². The molecule has 1 atom stereocenters. The number of nitrogens with zero attached hydrogens (tertiary/aromatic N) is 4. The van der Waals surface area contributed by atoms with Crippen molar-refractivity contribution in [3.8, 4) is 5.75 Å². The Bertz CT molecular complexity index is 1340. The molecule has 0 saturated carbocycles. The van der Waals surface area contributed by atoms with Gasteiger partial charge in [0.25, 0.3) is 0 Å². The highest BCUT2D eigenvalue weighted by Crippen LogP contribution is 2.24. The number of phenols is 1. The Morgan fingerprint density at radius 3 is 2.47 bits per heavy atom. The van der Waals surface area contributed by atoms with Crippen molar-refractivity contribution in [1.82, 2.24) is 19.6 Å². The van der Waals surface area contributed by atoms with E-state index in [1.807, 2.05) is 0 Å². The van der Waals surface area contributed by atoms with Gasteiger partial charge in [-0.1, -0.05) is 41.4 Å². The van der Waals surface area contributed by atoms with Crippen LogP contribution in [0.15, 0.2) is 42.5 Å². The van der Waals surface area contributed by atoms with Crippen molar-refractivity contribution in [1.29, 1.82) is 0 Å². The highest BCUT2D eigenvalue weighted by Gasteiger charge is 2.41. The van der Waals surface area contributed by atoms with Gasteiger partial charge in [0.05, 0.1) is 32.8 Å². The summed E-state index contributed by atoms with van der Waals surface area (Å²) in [6, 6.07) is 10.4. The molecular weight excluding hydrogens is 623 g/mol. The van der Waals surface area contributed by atoms with Crippen molar-refractivity contribution >= 4 is 46.9 Å². The number of halogens is 2. The Hall–Kier alpha value is -3.38. The van der Waals surface area contributed by atoms with Crippen molar-refractivity contribution < 1.29 is 33.8 Å². The number of carbonyl (C=O) groups is 4. The van der Waals surface area contributed by atoms with E-state index in [1.54, 1.807) is 37.3 Å². The molecule has 2 aliphatic rings. The first kappa shape index (κ1) is 34.5. The van der Waals surface area contributed by atoms with Gasteiger partial charge in [-0.3, -0.25) is 24.1 Å². The van der Waals surface area contributed by atoms with Crippen molar-refractivity contribution in [2.24, 2.45) is 0 Å². The topological polar surface area (TPSA) is 120 Å². The van der Waals surface area contributed by atoms with Crippen LogP contribution in [-0.2, 0) is 41.6 Å². The Labute approximate surface area is 273 Å². The lowest BCUT2D eigenvalue weighted by Crippen LogP contribution is -2.61. The van der Waals surface area contributed by atoms with Crippen molar-refractivity contribution in [3.63, 3.8) is 0 Å². The molecule has 1 N–H and O–H groups in total. The number of rotatable bonds is 14. The molecule has 2 aromatic carbocycles. The Balaban J connectivity index is 1.52. The maximum atomic E-state index is 13.9. The zero-order valence-corrected chi connectivity index (χ0v) is 27.0. The first-order valence-corrected chi connectivity index (χ1v) is 15.9. The summed E-state index contributed by atoms with van der Waals surface area (Å²) >= 11 is 12.4. The molecule has 2 heterocycles. The summed E-state index contributed by atoms with van der Waals surface area (Å²) in [7, 11) is 0. The molecule has 0 aromatic heterocycles. The largest absolute Gasteiger partial charge is 0.508 e. The third-order valence-corrected chi connectivity index (χ3v) is 8.51. The number of hydrogen-bond acceptors (Lipinski definition) is 8. The molecular formula is C32H40Cl2N4O7. The Morgan fingerprint density at radius 2 is 1.78 bits per heavy atom. The third kappa shape index (κ3) is 10.1. The monoisotopic (exact) mass is 662 g/mol. The standard InChI is InChI=1S/C32H40Cl2N4O7/c1-2-45-31(42)22-37(20-23-4-8-26(39)9-5-23)29(40)19-28-32(43)36(13-10-24-6-7-25(33)18-27(24)34)21-30(41)38(28)12-3-11-35-14-16-44-17-15-35/h4-9,18,28,39H,2-3,10-17,19-22H2,1H3. The van der Waals surface area contributed by atoms with Crippen LogP contribution in [0.5, 0.6) is 5.75 Å². The second-order valence-electron chi connectivity index (χ2n) is 11.1. The molecule has 13 heteroatoms. The summed E-state index contributed by atoms with van der Waals surface area (Å²) in [6.45, 7) is 5.65. The fourth-order valence-electron chi connectivity index (χ4n) is 5.50. The zero-order chi connectivity index (χ0) is 32.3. The summed E-state index contributed by atoms with van der Waals surface area (Å²) < 4.78 is 10.5. The van der Waals surface area contributed by atoms with Gasteiger partial charge in [0.15, 0.2) is 0 Å². The fourth-order valence-corrected chi connectivity index (χ4v) is 6.00. The van der Waals surface area contributed by atoms with E-state index in [1.165, 1.54) is 26.8 Å². The molecule has 11 nitrogen and oxygen atoms in total. The molecule has 0 radical (unpaired) electrons. The fraction of sp³-hybridized carbons (Fsp3) is 0.500. The van der Waals surface area contributed by atoms with Crippen LogP contribution in [0.3, 0.4) is 0 Å². The third-order valence-electron chi connectivity index (χ3n) is 7.92. The average molecular weight is 664 g/mol. The maximum Gasteiger partial charge on any atom is 0.325 e. The number of ether oxygens (including phenoxy) is 2. The average Bonchev–Trinajstić information content (AvgIpc) is 3.01. The SMILES string of the molecule is CCOC(=O)CN(Cc1ccc(O)cc1)C(=O)CC1C(=O)N(CCc2ccc(Cl)cc2Cl)CC(=O)N1CCCN1CCOCC1. The second-order valence-corrected chi connectivity index (χ2v) is 11.9. The number of esters is 1. The van der Waals surface area contributed by atoms with Gasteiger partial charge in [0.2, 0.25) is 17.7 Å². The number of benzene rings is 2. The molecule has 2 aliphatic heterocycles. The number of carbonyl (C=O) groups excluding carboxylic acids is 4. The Morgan fingerprint density at radius 1 is 1.04 bits per heavy atom. The second kappa shape index (κ2) is 16.8. The van der Waals surface area contributed by atoms with Crippen molar-refractivity contribution in [2.45, 2.75) is 38.8 Å². The number of amides is 3. The molecule has 3 amide bonds. The molecule has 1 unspecified atom stereocenters. The molecule has 2 fully saturated rings. The zero-order valence-electron chi connectivity index (χ0n) is 25.5. The molecule has 244 valence electrons. The van der Waals surface area contributed by atoms with Gasteiger partial charge in [-0.05, 0) is 55.2 Å². The lowest BCUT2D eigenvalue weighted by Gasteiger charge is -2.41. The highest BCUT2D eigenvalue weighted by atomic mass is 35.5. The first-order valence-electron chi connectivity index (χ1n) is 15.2. The van der Waals surface area contributed by atoms with Crippen molar-refractivity contribution in [3.05, 3.63) is 63.6 Å². The molecule has 2 saturated heterocycles. The van der Waals surface area contributed by atoms with Crippen LogP contribution < -0.4 is 0 Å². The predicted octanol–water partition coefficient (Wildman–Crippen LogP) is 2.99. The van der Waals surface area contributed by atoms with Crippen LogP contribution >= 0.6 is 23.2 Å². The minimum absolute atomic E-state index is 0.0581. The van der Waals surface area contributed by atoms with Crippen LogP contribution in [0.1, 0.15) is 30.9 Å². The molecule has 0 aliphatic carbocycles. The number of piperazine rings is 1. The summed E-state index contributed by atoms with van der Waals surface area (Å²) in [4.78, 5) is 60.3. The van der Waals surface area contributed by atoms with Gasteiger partial charge < -0.3 is 29.3 Å². The van der Waals surface area contributed by atoms with E-state index in [0.29, 0.717) is 48.2 Å². The van der Waals surface area contributed by atoms with E-state index in [9.17, 15) is 24.3 Å². The van der Waals surface area contributed by atoms with Crippen LogP contribution in [0.2, 0.25) is 10.0 Å². The van der Waals surface area contributed by atoms with Gasteiger partial charge in [-0.25, -0.2) is 0 Å². The van der Waals surface area contributed by atoms with E-state index in [-0.39, 0.29) is 56.8 Å². The maximum absolute atomic E-state index is 13.9. The molecule has 0 spiro atoms. The van der Waals surface area contributed by atoms with E-state index in [0.717, 1.165) is 25.2 Å². The number of phenolic OH excluding ortho intramolecular Hbond substituents is 1. The number of morpholine rings is 1. The smallest absolute Gasteiger partial charge is 0.325 e. The van der Waals surface area contributed by atoms with E-state index in [4.69, 9.17) is 32.7 Å². The van der Waals surface area contributed by atoms with Gasteiger partial charge in [-0.2, -0.15) is 0 Å². The van der Waals surface area contributed by atoms with Crippen LogP contribution in [0, 0.1) is 0 Å². The summed E-state index contributed by atoms with van der Waals surface area (Å²) in [6.07, 6.45) is 0.741. The van der Waals surface area contributed by atoms with Crippen molar-refractivity contribution in [2.75, 3.05) is 65.6 Å². The molecule has 4 rings (SSSR count). The first-order chi connectivity index (χ1) is 21.6. The summed E-state index contributed by atoms with van der Waals surface area (Å²) in [5, 5.41) is 10.7. The minimum Gasteiger partial charge on any atom is -0.508 e. The normalized spacial score (nSPS) is 17.4. The minimum atomic E-state index is -1.03. The summed E-state index contributed by atoms with van der Waals surface area (Å²) in [5.41, 5.74) is 1.47. The van der Waals surface area contributed by atoms with Crippen LogP contribution in [-0.4, -0.2) is 120 Å². The predicted molar refractivity (Wildman–Crippen MR) is 169 cm³/mol. The van der Waals surface area contributed by atoms with E-state index < -0.39 is 17.9 Å². The van der Waals surface area contributed by atoms with Crippen LogP contribution in [0.25, 0.3) is 0 Å². The van der Waals surface area contributed by atoms with E-state index >= 15 is 0 Å². The van der Waals surface area contributed by atoms with Gasteiger partial charge in [0.1, 0.15) is 18.3 Å². The summed E-state index contributed by atoms with van der Waals surface area (Å²) in [5.74, 6) is -1.56. The Kier molecular flexibility index (Phi) is 12.9. The van der Waals surface area contributed by atoms with Gasteiger partial charge in [0, 0.05) is 49.3 Å². The lowest BCUT2D eigenvalue weighted by atomic mass is 10.0. The highest BCUT2D eigenvalue weighted by molar-refractivity contribution is 6.35. The quantitative estimate of drug-likeness (QED) is 0.307. The molecule has 2 aromatic rings.